The van der Waals surface area contributed by atoms with Crippen LogP contribution in [0, 0.1) is 0 Å². The highest BCUT2D eigenvalue weighted by Crippen LogP contribution is 2.14. The van der Waals surface area contributed by atoms with Crippen LogP contribution in [0.1, 0.15) is 21.5 Å². The number of amides is 1. The third-order valence-corrected chi connectivity index (χ3v) is 3.03. The van der Waals surface area contributed by atoms with E-state index in [-0.39, 0.29) is 5.84 Å². The van der Waals surface area contributed by atoms with Gasteiger partial charge in [0, 0.05) is 23.4 Å². The number of amidine groups is 1. The Hall–Kier alpha value is -3.02. The van der Waals surface area contributed by atoms with Gasteiger partial charge in [0.2, 0.25) is 5.91 Å². The van der Waals surface area contributed by atoms with Gasteiger partial charge in [0.1, 0.15) is 0 Å². The van der Waals surface area contributed by atoms with Crippen molar-refractivity contribution in [3.05, 3.63) is 65.2 Å². The fourth-order valence-electron chi connectivity index (χ4n) is 1.96. The normalized spacial score (nSPS) is 11.1. The summed E-state index contributed by atoms with van der Waals surface area (Å²) in [7, 11) is 0. The summed E-state index contributed by atoms with van der Waals surface area (Å²) >= 11 is 0. The number of nitrogens with zero attached hydrogens (tertiary/aromatic N) is 1. The maximum atomic E-state index is 11.1. The summed E-state index contributed by atoms with van der Waals surface area (Å²) in [6.07, 6.45) is 0. The summed E-state index contributed by atoms with van der Waals surface area (Å²) in [4.78, 5) is 11.1. The number of anilines is 1. The molecular weight excluding hydrogens is 268 g/mol. The van der Waals surface area contributed by atoms with Crippen LogP contribution in [0.3, 0.4) is 0 Å². The predicted molar refractivity (Wildman–Crippen MR) is 81.2 cm³/mol. The van der Waals surface area contributed by atoms with E-state index in [9.17, 15) is 4.79 Å². The van der Waals surface area contributed by atoms with Gasteiger partial charge >= 0.3 is 0 Å². The van der Waals surface area contributed by atoms with Crippen LogP contribution < -0.4 is 16.8 Å². The smallest absolute Gasteiger partial charge is 0.248 e. The molecule has 0 aliphatic carbocycles. The summed E-state index contributed by atoms with van der Waals surface area (Å²) in [5.41, 5.74) is 13.6. The monoisotopic (exact) mass is 284 g/mol. The summed E-state index contributed by atoms with van der Waals surface area (Å²) in [6, 6.07) is 14.2. The van der Waals surface area contributed by atoms with Crippen LogP contribution in [-0.2, 0) is 6.54 Å². The van der Waals surface area contributed by atoms with E-state index in [1.807, 2.05) is 24.3 Å². The van der Waals surface area contributed by atoms with Gasteiger partial charge in [0.25, 0.3) is 0 Å². The molecule has 1 amide bonds. The molecule has 0 aliphatic rings. The Kier molecular flexibility index (Phi) is 4.40. The van der Waals surface area contributed by atoms with Crippen LogP contribution in [0.5, 0.6) is 0 Å². The minimum atomic E-state index is -0.476. The Labute approximate surface area is 122 Å². The van der Waals surface area contributed by atoms with E-state index < -0.39 is 5.91 Å². The Balaban J connectivity index is 2.17. The molecule has 0 radical (unpaired) electrons. The maximum absolute atomic E-state index is 11.1. The molecule has 0 fully saturated rings. The van der Waals surface area contributed by atoms with Gasteiger partial charge in [-0.05, 0) is 23.8 Å². The average Bonchev–Trinajstić information content (AvgIpc) is 2.52. The van der Waals surface area contributed by atoms with E-state index in [4.69, 9.17) is 16.7 Å². The largest absolute Gasteiger partial charge is 0.409 e. The standard InChI is InChI=1S/C15H16N4O2/c16-14(19-21)13-7-2-1-4-11(13)9-18-12-6-3-5-10(8-12)15(17)20/h1-8,18,21H,9H2,(H2,16,19)(H2,17,20). The van der Waals surface area contributed by atoms with Crippen LogP contribution in [0.15, 0.2) is 53.7 Å². The molecule has 0 saturated heterocycles. The van der Waals surface area contributed by atoms with E-state index in [0.29, 0.717) is 17.7 Å². The van der Waals surface area contributed by atoms with Gasteiger partial charge in [0.15, 0.2) is 5.84 Å². The Morgan fingerprint density at radius 1 is 1.14 bits per heavy atom. The molecule has 6 heteroatoms. The van der Waals surface area contributed by atoms with Gasteiger partial charge in [0.05, 0.1) is 0 Å². The maximum Gasteiger partial charge on any atom is 0.248 e. The molecule has 2 aromatic rings. The van der Waals surface area contributed by atoms with E-state index in [1.54, 1.807) is 24.3 Å². The third kappa shape index (κ3) is 3.50. The van der Waals surface area contributed by atoms with Crippen LogP contribution in [0.2, 0.25) is 0 Å². The second kappa shape index (κ2) is 6.42. The van der Waals surface area contributed by atoms with E-state index in [1.165, 1.54) is 0 Å². The van der Waals surface area contributed by atoms with Crippen molar-refractivity contribution in [3.8, 4) is 0 Å². The summed E-state index contributed by atoms with van der Waals surface area (Å²) in [6.45, 7) is 0.467. The lowest BCUT2D eigenvalue weighted by molar-refractivity contribution is 0.100. The van der Waals surface area contributed by atoms with Crippen molar-refractivity contribution in [3.63, 3.8) is 0 Å². The number of hydrogen-bond donors (Lipinski definition) is 4. The van der Waals surface area contributed by atoms with Crippen molar-refractivity contribution < 1.29 is 10.0 Å². The molecule has 108 valence electrons. The van der Waals surface area contributed by atoms with E-state index in [2.05, 4.69) is 10.5 Å². The molecule has 6 N–H and O–H groups in total. The Morgan fingerprint density at radius 3 is 2.62 bits per heavy atom. The number of carbonyl (C=O) groups is 1. The van der Waals surface area contributed by atoms with Crippen molar-refractivity contribution in [2.45, 2.75) is 6.54 Å². The molecule has 21 heavy (non-hydrogen) atoms. The molecule has 0 saturated carbocycles. The molecule has 0 bridgehead atoms. The van der Waals surface area contributed by atoms with Crippen molar-refractivity contribution in [2.75, 3.05) is 5.32 Å². The fraction of sp³-hybridized carbons (Fsp3) is 0.0667. The first-order valence-electron chi connectivity index (χ1n) is 6.31. The zero-order valence-corrected chi connectivity index (χ0v) is 11.3. The van der Waals surface area contributed by atoms with Crippen molar-refractivity contribution in [1.82, 2.24) is 0 Å². The van der Waals surface area contributed by atoms with Gasteiger partial charge < -0.3 is 22.0 Å². The highest BCUT2D eigenvalue weighted by atomic mass is 16.4. The predicted octanol–water partition coefficient (Wildman–Crippen LogP) is 1.49. The zero-order chi connectivity index (χ0) is 15.2. The molecule has 2 rings (SSSR count). The van der Waals surface area contributed by atoms with Crippen LogP contribution >= 0.6 is 0 Å². The second-order valence-corrected chi connectivity index (χ2v) is 4.44. The number of carbonyl (C=O) groups excluding carboxylic acids is 1. The van der Waals surface area contributed by atoms with Gasteiger partial charge in [-0.3, -0.25) is 4.79 Å². The molecule has 0 spiro atoms. The lowest BCUT2D eigenvalue weighted by atomic mass is 10.1. The zero-order valence-electron chi connectivity index (χ0n) is 11.3. The van der Waals surface area contributed by atoms with E-state index in [0.717, 1.165) is 11.3 Å². The van der Waals surface area contributed by atoms with Crippen molar-refractivity contribution in [1.29, 1.82) is 0 Å². The third-order valence-electron chi connectivity index (χ3n) is 3.03. The van der Waals surface area contributed by atoms with Gasteiger partial charge in [-0.2, -0.15) is 0 Å². The quantitative estimate of drug-likeness (QED) is 0.288. The van der Waals surface area contributed by atoms with Crippen LogP contribution in [0.4, 0.5) is 5.69 Å². The molecule has 0 unspecified atom stereocenters. The molecule has 6 nitrogen and oxygen atoms in total. The Bertz CT molecular complexity index is 683. The van der Waals surface area contributed by atoms with E-state index >= 15 is 0 Å². The number of benzene rings is 2. The average molecular weight is 284 g/mol. The number of nitrogens with two attached hydrogens (primary N) is 2. The summed E-state index contributed by atoms with van der Waals surface area (Å²) in [5, 5.41) is 15.0. The minimum absolute atomic E-state index is 0.0540. The van der Waals surface area contributed by atoms with Crippen molar-refractivity contribution >= 4 is 17.4 Å². The number of primary amides is 1. The topological polar surface area (TPSA) is 114 Å². The highest BCUT2D eigenvalue weighted by Gasteiger charge is 2.06. The second-order valence-electron chi connectivity index (χ2n) is 4.44. The first-order valence-corrected chi connectivity index (χ1v) is 6.31. The lowest BCUT2D eigenvalue weighted by Gasteiger charge is -2.11. The number of rotatable bonds is 5. The summed E-state index contributed by atoms with van der Waals surface area (Å²) < 4.78 is 0. The lowest BCUT2D eigenvalue weighted by Crippen LogP contribution is -2.17. The summed E-state index contributed by atoms with van der Waals surface area (Å²) in [5.74, 6) is -0.422. The molecular formula is C15H16N4O2. The minimum Gasteiger partial charge on any atom is -0.409 e. The molecule has 0 aromatic heterocycles. The first kappa shape index (κ1) is 14.4. The molecule has 2 aromatic carbocycles. The highest BCUT2D eigenvalue weighted by molar-refractivity contribution is 5.98. The van der Waals surface area contributed by atoms with Gasteiger partial charge in [-0.1, -0.05) is 35.5 Å². The Morgan fingerprint density at radius 2 is 1.90 bits per heavy atom. The SMILES string of the molecule is NC(=O)c1cccc(NCc2ccccc2/C(N)=N/O)c1. The first-order chi connectivity index (χ1) is 10.1. The van der Waals surface area contributed by atoms with Gasteiger partial charge in [-0.15, -0.1) is 0 Å². The van der Waals surface area contributed by atoms with Crippen LogP contribution in [0.25, 0.3) is 0 Å². The van der Waals surface area contributed by atoms with Crippen molar-refractivity contribution in [2.24, 2.45) is 16.6 Å². The fourth-order valence-corrected chi connectivity index (χ4v) is 1.96. The van der Waals surface area contributed by atoms with Gasteiger partial charge in [-0.25, -0.2) is 0 Å². The molecule has 0 aliphatic heterocycles. The molecule has 0 heterocycles. The number of nitrogens with one attached hydrogen (secondary N) is 1. The van der Waals surface area contributed by atoms with Crippen LogP contribution in [-0.4, -0.2) is 17.0 Å². The number of oxime groups is 1. The molecule has 0 atom stereocenters. The number of hydrogen-bond acceptors (Lipinski definition) is 4.